The lowest BCUT2D eigenvalue weighted by atomic mass is 9.94. The van der Waals surface area contributed by atoms with Crippen molar-refractivity contribution < 1.29 is 0 Å². The zero-order chi connectivity index (χ0) is 9.03. The molecule has 0 spiro atoms. The highest BCUT2D eigenvalue weighted by Gasteiger charge is 2.30. The average Bonchev–Trinajstić information content (AvgIpc) is 2.50. The maximum Gasteiger partial charge on any atom is 0.0304 e. The van der Waals surface area contributed by atoms with Crippen molar-refractivity contribution in [2.45, 2.75) is 51.6 Å². The molecule has 1 aliphatic rings. The van der Waals surface area contributed by atoms with Gasteiger partial charge in [0, 0.05) is 18.1 Å². The largest absolute Gasteiger partial charge is 0.313 e. The van der Waals surface area contributed by atoms with Crippen LogP contribution in [0.4, 0.5) is 0 Å². The Bertz CT molecular complexity index is 126. The third kappa shape index (κ3) is 2.46. The Balaban J connectivity index is 2.34. The molecule has 0 aromatic heterocycles. The van der Waals surface area contributed by atoms with Crippen LogP contribution in [0, 0.1) is 0 Å². The lowest BCUT2D eigenvalue weighted by Gasteiger charge is -2.29. The second-order valence-corrected chi connectivity index (χ2v) is 4.20. The molecule has 0 bridgehead atoms. The van der Waals surface area contributed by atoms with Crippen molar-refractivity contribution in [3.63, 3.8) is 0 Å². The molecule has 2 N–H and O–H groups in total. The van der Waals surface area contributed by atoms with Gasteiger partial charge in [0.15, 0.2) is 0 Å². The van der Waals surface area contributed by atoms with Gasteiger partial charge in [-0.15, -0.1) is 0 Å². The smallest absolute Gasteiger partial charge is 0.0304 e. The minimum Gasteiger partial charge on any atom is -0.313 e. The van der Waals surface area contributed by atoms with E-state index in [0.29, 0.717) is 11.6 Å². The Hall–Kier alpha value is -0.0800. The van der Waals surface area contributed by atoms with Gasteiger partial charge in [0.1, 0.15) is 0 Å². The summed E-state index contributed by atoms with van der Waals surface area (Å²) in [5.74, 6) is 0. The molecule has 0 aromatic carbocycles. The van der Waals surface area contributed by atoms with E-state index in [1.807, 2.05) is 0 Å². The molecular formula is C10H22N2. The van der Waals surface area contributed by atoms with E-state index in [1.165, 1.54) is 25.8 Å². The maximum atomic E-state index is 3.61. The second kappa shape index (κ2) is 4.24. The number of hydrogen-bond acceptors (Lipinski definition) is 2. The van der Waals surface area contributed by atoms with Gasteiger partial charge in [0.25, 0.3) is 0 Å². The second-order valence-electron chi connectivity index (χ2n) is 4.20. The summed E-state index contributed by atoms with van der Waals surface area (Å²) in [6.07, 6.45) is 3.92. The molecule has 2 heteroatoms. The third-order valence-corrected chi connectivity index (χ3v) is 2.86. The monoisotopic (exact) mass is 170 g/mol. The summed E-state index contributed by atoms with van der Waals surface area (Å²) in [6, 6.07) is 0.607. The van der Waals surface area contributed by atoms with Crippen LogP contribution in [0.2, 0.25) is 0 Å². The van der Waals surface area contributed by atoms with E-state index >= 15 is 0 Å². The molecule has 1 fully saturated rings. The van der Waals surface area contributed by atoms with Gasteiger partial charge >= 0.3 is 0 Å². The van der Waals surface area contributed by atoms with Crippen LogP contribution in [0.15, 0.2) is 0 Å². The van der Waals surface area contributed by atoms with Crippen LogP contribution in [0.1, 0.15) is 40.0 Å². The lowest BCUT2D eigenvalue weighted by molar-refractivity contribution is 0.329. The summed E-state index contributed by atoms with van der Waals surface area (Å²) in [4.78, 5) is 0. The molecule has 12 heavy (non-hydrogen) atoms. The zero-order valence-electron chi connectivity index (χ0n) is 8.61. The standard InChI is InChI=1S/C10H22N2/c1-4-10(6-5-7-12-10)8-11-9(2)3/h9,11-12H,4-8H2,1-3H3. The molecule has 1 saturated heterocycles. The van der Waals surface area contributed by atoms with Crippen LogP contribution in [0.3, 0.4) is 0 Å². The van der Waals surface area contributed by atoms with Gasteiger partial charge in [0.2, 0.25) is 0 Å². The highest BCUT2D eigenvalue weighted by atomic mass is 15.1. The SMILES string of the molecule is CCC1(CNC(C)C)CCCN1. The van der Waals surface area contributed by atoms with E-state index in [2.05, 4.69) is 31.4 Å². The van der Waals surface area contributed by atoms with Crippen LogP contribution < -0.4 is 10.6 Å². The first-order chi connectivity index (χ1) is 5.68. The fraction of sp³-hybridized carbons (Fsp3) is 1.00. The van der Waals surface area contributed by atoms with Crippen LogP contribution in [-0.2, 0) is 0 Å². The fourth-order valence-corrected chi connectivity index (χ4v) is 1.85. The van der Waals surface area contributed by atoms with Gasteiger partial charge in [-0.2, -0.15) is 0 Å². The number of nitrogens with one attached hydrogen (secondary N) is 2. The summed E-state index contributed by atoms with van der Waals surface area (Å²) in [7, 11) is 0. The van der Waals surface area contributed by atoms with E-state index in [9.17, 15) is 0 Å². The Morgan fingerprint density at radius 1 is 1.50 bits per heavy atom. The average molecular weight is 170 g/mol. The molecule has 72 valence electrons. The summed E-state index contributed by atoms with van der Waals surface area (Å²) in [5, 5.41) is 7.13. The van der Waals surface area contributed by atoms with E-state index in [4.69, 9.17) is 0 Å². The summed E-state index contributed by atoms with van der Waals surface area (Å²) in [6.45, 7) is 9.02. The molecule has 1 aliphatic heterocycles. The highest BCUT2D eigenvalue weighted by molar-refractivity contribution is 4.93. The van der Waals surface area contributed by atoms with Crippen LogP contribution in [-0.4, -0.2) is 24.7 Å². The summed E-state index contributed by atoms with van der Waals surface area (Å²) >= 11 is 0. The van der Waals surface area contributed by atoms with Gasteiger partial charge < -0.3 is 10.6 Å². The van der Waals surface area contributed by atoms with Gasteiger partial charge in [-0.25, -0.2) is 0 Å². The Morgan fingerprint density at radius 3 is 2.67 bits per heavy atom. The topological polar surface area (TPSA) is 24.1 Å². The minimum atomic E-state index is 0.407. The maximum absolute atomic E-state index is 3.61. The van der Waals surface area contributed by atoms with E-state index in [1.54, 1.807) is 0 Å². The fourth-order valence-electron chi connectivity index (χ4n) is 1.85. The van der Waals surface area contributed by atoms with Crippen molar-refractivity contribution in [3.05, 3.63) is 0 Å². The summed E-state index contributed by atoms with van der Waals surface area (Å²) < 4.78 is 0. The zero-order valence-corrected chi connectivity index (χ0v) is 8.61. The number of hydrogen-bond donors (Lipinski definition) is 2. The third-order valence-electron chi connectivity index (χ3n) is 2.86. The predicted molar refractivity (Wildman–Crippen MR) is 53.4 cm³/mol. The molecule has 0 aliphatic carbocycles. The first-order valence-electron chi connectivity index (χ1n) is 5.17. The summed E-state index contributed by atoms with van der Waals surface area (Å²) in [5.41, 5.74) is 0.407. The van der Waals surface area contributed by atoms with Gasteiger partial charge in [-0.1, -0.05) is 20.8 Å². The van der Waals surface area contributed by atoms with Crippen molar-refractivity contribution in [1.82, 2.24) is 10.6 Å². The first kappa shape index (κ1) is 10.0. The Kier molecular flexibility index (Phi) is 3.53. The van der Waals surface area contributed by atoms with Crippen LogP contribution >= 0.6 is 0 Å². The van der Waals surface area contributed by atoms with Gasteiger partial charge in [0.05, 0.1) is 0 Å². The van der Waals surface area contributed by atoms with Crippen molar-refractivity contribution in [3.8, 4) is 0 Å². The lowest BCUT2D eigenvalue weighted by Crippen LogP contribution is -2.49. The highest BCUT2D eigenvalue weighted by Crippen LogP contribution is 2.21. The Morgan fingerprint density at radius 2 is 2.25 bits per heavy atom. The van der Waals surface area contributed by atoms with E-state index < -0.39 is 0 Å². The molecule has 0 saturated carbocycles. The van der Waals surface area contributed by atoms with Crippen molar-refractivity contribution in [2.24, 2.45) is 0 Å². The van der Waals surface area contributed by atoms with Crippen LogP contribution in [0.5, 0.6) is 0 Å². The number of rotatable bonds is 4. The normalized spacial score (nSPS) is 30.0. The van der Waals surface area contributed by atoms with Crippen LogP contribution in [0.25, 0.3) is 0 Å². The molecule has 2 nitrogen and oxygen atoms in total. The molecular weight excluding hydrogens is 148 g/mol. The van der Waals surface area contributed by atoms with Crippen molar-refractivity contribution >= 4 is 0 Å². The molecule has 1 atom stereocenters. The van der Waals surface area contributed by atoms with E-state index in [0.717, 1.165) is 6.54 Å². The molecule has 1 rings (SSSR count). The van der Waals surface area contributed by atoms with Crippen molar-refractivity contribution in [1.29, 1.82) is 0 Å². The Labute approximate surface area is 76.1 Å². The molecule has 0 amide bonds. The van der Waals surface area contributed by atoms with Gasteiger partial charge in [-0.05, 0) is 25.8 Å². The minimum absolute atomic E-state index is 0.407. The molecule has 0 aromatic rings. The van der Waals surface area contributed by atoms with Crippen molar-refractivity contribution in [2.75, 3.05) is 13.1 Å². The first-order valence-corrected chi connectivity index (χ1v) is 5.17. The predicted octanol–water partition coefficient (Wildman–Crippen LogP) is 1.52. The quantitative estimate of drug-likeness (QED) is 0.668. The van der Waals surface area contributed by atoms with E-state index in [-0.39, 0.29) is 0 Å². The molecule has 1 unspecified atom stereocenters. The molecule has 0 radical (unpaired) electrons. The van der Waals surface area contributed by atoms with Gasteiger partial charge in [-0.3, -0.25) is 0 Å². The molecule has 1 heterocycles.